The minimum atomic E-state index is -0.582. The zero-order valence-corrected chi connectivity index (χ0v) is 15.9. The quantitative estimate of drug-likeness (QED) is 0.748. The van der Waals surface area contributed by atoms with Crippen LogP contribution in [0.25, 0.3) is 0 Å². The molecule has 0 bridgehead atoms. The number of hydrogen-bond donors (Lipinski definition) is 0. The summed E-state index contributed by atoms with van der Waals surface area (Å²) >= 11 is 3.18. The van der Waals surface area contributed by atoms with Gasteiger partial charge in [-0.2, -0.15) is 0 Å². The molecule has 2 aromatic rings. The summed E-state index contributed by atoms with van der Waals surface area (Å²) in [6.45, 7) is 1.80. The molecule has 1 fully saturated rings. The van der Waals surface area contributed by atoms with Crippen LogP contribution in [-0.4, -0.2) is 25.4 Å². The van der Waals surface area contributed by atoms with Gasteiger partial charge >= 0.3 is 0 Å². The lowest BCUT2D eigenvalue weighted by Gasteiger charge is -2.22. The summed E-state index contributed by atoms with van der Waals surface area (Å²) in [6.07, 6.45) is 0.0394. The molecule has 0 aliphatic carbocycles. The van der Waals surface area contributed by atoms with E-state index >= 15 is 0 Å². The number of anilines is 2. The van der Waals surface area contributed by atoms with Gasteiger partial charge in [-0.25, -0.2) is 8.78 Å². The number of carbonyl (C=O) groups is 2. The molecule has 2 amide bonds. The fraction of sp³-hybridized carbons (Fsp3) is 0.263. The van der Waals surface area contributed by atoms with Gasteiger partial charge in [-0.05, 0) is 48.9 Å². The van der Waals surface area contributed by atoms with Crippen molar-refractivity contribution in [1.29, 1.82) is 0 Å². The third-order valence-corrected chi connectivity index (χ3v) is 5.02. The van der Waals surface area contributed by atoms with E-state index in [2.05, 4.69) is 15.9 Å². The summed E-state index contributed by atoms with van der Waals surface area (Å²) in [4.78, 5) is 27.8. The Morgan fingerprint density at radius 2 is 1.92 bits per heavy atom. The Kier molecular flexibility index (Phi) is 5.09. The van der Waals surface area contributed by atoms with Crippen molar-refractivity contribution >= 4 is 39.1 Å². The lowest BCUT2D eigenvalue weighted by Crippen LogP contribution is -2.35. The Bertz CT molecular complexity index is 888. The second-order valence-corrected chi connectivity index (χ2v) is 7.25. The zero-order chi connectivity index (χ0) is 19.0. The van der Waals surface area contributed by atoms with E-state index in [0.717, 1.165) is 0 Å². The third-order valence-electron chi connectivity index (χ3n) is 4.53. The van der Waals surface area contributed by atoms with Crippen LogP contribution in [0.15, 0.2) is 40.9 Å². The van der Waals surface area contributed by atoms with Crippen LogP contribution in [0, 0.1) is 24.5 Å². The molecule has 1 saturated heterocycles. The Hall–Kier alpha value is -2.28. The smallest absolute Gasteiger partial charge is 0.232 e. The molecule has 0 saturated carbocycles. The average molecular weight is 423 g/mol. The first-order valence-electron chi connectivity index (χ1n) is 8.07. The summed E-state index contributed by atoms with van der Waals surface area (Å²) < 4.78 is 28.1. The van der Waals surface area contributed by atoms with E-state index in [4.69, 9.17) is 0 Å². The number of amides is 2. The molecule has 136 valence electrons. The number of benzene rings is 2. The second kappa shape index (κ2) is 7.15. The van der Waals surface area contributed by atoms with Gasteiger partial charge in [0.15, 0.2) is 0 Å². The lowest BCUT2D eigenvalue weighted by molar-refractivity contribution is -0.124. The zero-order valence-electron chi connectivity index (χ0n) is 14.3. The number of hydrogen-bond acceptors (Lipinski definition) is 2. The first kappa shape index (κ1) is 18.5. The van der Waals surface area contributed by atoms with Crippen LogP contribution >= 0.6 is 15.9 Å². The summed E-state index contributed by atoms with van der Waals surface area (Å²) in [5.41, 5.74) is 1.14. The Morgan fingerprint density at radius 3 is 2.58 bits per heavy atom. The van der Waals surface area contributed by atoms with Gasteiger partial charge in [0.1, 0.15) is 11.6 Å². The first-order valence-corrected chi connectivity index (χ1v) is 8.86. The second-order valence-electron chi connectivity index (χ2n) is 6.33. The molecule has 1 aliphatic rings. The fourth-order valence-corrected chi connectivity index (χ4v) is 3.40. The van der Waals surface area contributed by atoms with Crippen molar-refractivity contribution in [2.75, 3.05) is 23.4 Å². The van der Waals surface area contributed by atoms with Gasteiger partial charge in [0, 0.05) is 30.2 Å². The van der Waals surface area contributed by atoms with Gasteiger partial charge in [0.05, 0.1) is 11.6 Å². The number of aryl methyl sites for hydroxylation is 1. The lowest BCUT2D eigenvalue weighted by atomic mass is 10.1. The van der Waals surface area contributed by atoms with E-state index in [-0.39, 0.29) is 36.3 Å². The van der Waals surface area contributed by atoms with Crippen molar-refractivity contribution in [2.45, 2.75) is 13.3 Å². The maximum atomic E-state index is 14.1. The maximum absolute atomic E-state index is 14.1. The van der Waals surface area contributed by atoms with Crippen molar-refractivity contribution in [2.24, 2.45) is 5.92 Å². The Balaban J connectivity index is 1.79. The van der Waals surface area contributed by atoms with Crippen molar-refractivity contribution in [3.8, 4) is 0 Å². The molecule has 0 radical (unpaired) electrons. The van der Waals surface area contributed by atoms with Crippen LogP contribution < -0.4 is 9.80 Å². The summed E-state index contributed by atoms with van der Waals surface area (Å²) in [5.74, 6) is -2.00. The van der Waals surface area contributed by atoms with E-state index in [0.29, 0.717) is 15.7 Å². The van der Waals surface area contributed by atoms with Crippen LogP contribution in [-0.2, 0) is 9.59 Å². The van der Waals surface area contributed by atoms with Crippen molar-refractivity contribution in [3.05, 3.63) is 58.1 Å². The molecule has 3 rings (SSSR count). The summed E-state index contributed by atoms with van der Waals surface area (Å²) in [7, 11) is 1.49. The monoisotopic (exact) mass is 422 g/mol. The molecule has 1 atom stereocenters. The molecule has 1 aliphatic heterocycles. The highest BCUT2D eigenvalue weighted by molar-refractivity contribution is 9.10. The molecule has 26 heavy (non-hydrogen) atoms. The molecular weight excluding hydrogens is 406 g/mol. The molecule has 7 heteroatoms. The van der Waals surface area contributed by atoms with Gasteiger partial charge < -0.3 is 9.80 Å². The molecule has 0 spiro atoms. The molecule has 0 N–H and O–H groups in total. The fourth-order valence-electron chi connectivity index (χ4n) is 3.07. The van der Waals surface area contributed by atoms with Gasteiger partial charge in [-0.3, -0.25) is 9.59 Å². The molecule has 4 nitrogen and oxygen atoms in total. The highest BCUT2D eigenvalue weighted by atomic mass is 79.9. The maximum Gasteiger partial charge on any atom is 0.232 e. The van der Waals surface area contributed by atoms with Crippen molar-refractivity contribution in [1.82, 2.24) is 0 Å². The van der Waals surface area contributed by atoms with Crippen molar-refractivity contribution < 1.29 is 18.4 Å². The van der Waals surface area contributed by atoms with E-state index in [9.17, 15) is 18.4 Å². The molecule has 0 aromatic heterocycles. The van der Waals surface area contributed by atoms with Crippen LogP contribution in [0.3, 0.4) is 0 Å². The summed E-state index contributed by atoms with van der Waals surface area (Å²) in [5, 5.41) is 0. The van der Waals surface area contributed by atoms with Gasteiger partial charge in [-0.15, -0.1) is 0 Å². The predicted octanol–water partition coefficient (Wildman–Crippen LogP) is 4.05. The predicted molar refractivity (Wildman–Crippen MR) is 99.1 cm³/mol. The third kappa shape index (κ3) is 3.49. The van der Waals surface area contributed by atoms with Gasteiger partial charge in [-0.1, -0.05) is 15.9 Å². The molecule has 1 heterocycles. The normalized spacial score (nSPS) is 16.9. The topological polar surface area (TPSA) is 40.6 Å². The number of carbonyl (C=O) groups excluding carboxylic acids is 2. The average Bonchev–Trinajstić information content (AvgIpc) is 2.98. The largest absolute Gasteiger partial charge is 0.312 e. The van der Waals surface area contributed by atoms with E-state index < -0.39 is 11.7 Å². The van der Waals surface area contributed by atoms with Crippen LogP contribution in [0.2, 0.25) is 0 Å². The number of rotatable bonds is 3. The molecule has 1 unspecified atom stereocenters. The van der Waals surface area contributed by atoms with Gasteiger partial charge in [0.2, 0.25) is 11.8 Å². The van der Waals surface area contributed by atoms with E-state index in [1.165, 1.54) is 41.1 Å². The van der Waals surface area contributed by atoms with Crippen molar-refractivity contribution in [3.63, 3.8) is 0 Å². The Labute approximate surface area is 158 Å². The van der Waals surface area contributed by atoms with E-state index in [1.807, 2.05) is 0 Å². The summed E-state index contributed by atoms with van der Waals surface area (Å²) in [6, 6.07) is 8.84. The Morgan fingerprint density at radius 1 is 1.19 bits per heavy atom. The number of nitrogens with zero attached hydrogens (tertiary/aromatic N) is 2. The number of halogens is 3. The highest BCUT2D eigenvalue weighted by Gasteiger charge is 2.37. The molecular formula is C19H17BrF2N2O2. The highest BCUT2D eigenvalue weighted by Crippen LogP contribution is 2.30. The van der Waals surface area contributed by atoms with E-state index in [1.54, 1.807) is 19.1 Å². The van der Waals surface area contributed by atoms with Gasteiger partial charge in [0.25, 0.3) is 0 Å². The SMILES string of the molecule is Cc1cc(N2CC(C(=O)N(C)c3ccc(Br)cc3F)CC2=O)ccc1F. The molecule has 2 aromatic carbocycles. The minimum Gasteiger partial charge on any atom is -0.312 e. The first-order chi connectivity index (χ1) is 12.3. The standard InChI is InChI=1S/C19H17BrF2N2O2/c1-11-7-14(4-5-15(11)21)24-10-12(8-18(24)25)19(26)23(2)17-6-3-13(20)9-16(17)22/h3-7,9,12H,8,10H2,1-2H3. The minimum absolute atomic E-state index is 0.0394. The van der Waals surface area contributed by atoms with Crippen LogP contribution in [0.5, 0.6) is 0 Å². The van der Waals surface area contributed by atoms with Crippen LogP contribution in [0.4, 0.5) is 20.2 Å². The van der Waals surface area contributed by atoms with Crippen LogP contribution in [0.1, 0.15) is 12.0 Å².